The van der Waals surface area contributed by atoms with Gasteiger partial charge in [0.15, 0.2) is 0 Å². The second kappa shape index (κ2) is 3.79. The Morgan fingerprint density at radius 3 is 2.88 bits per heavy atom. The van der Waals surface area contributed by atoms with Crippen LogP contribution in [-0.4, -0.2) is 6.29 Å². The first-order chi connectivity index (χ1) is 7.58. The minimum Gasteiger partial charge on any atom is -0.303 e. The van der Waals surface area contributed by atoms with Crippen molar-refractivity contribution in [3.05, 3.63) is 34.9 Å². The Morgan fingerprint density at radius 1 is 1.50 bits per heavy atom. The third-order valence-electron chi connectivity index (χ3n) is 3.59. The molecule has 2 rings (SSSR count). The van der Waals surface area contributed by atoms with E-state index in [2.05, 4.69) is 25.8 Å². The van der Waals surface area contributed by atoms with Crippen LogP contribution in [0, 0.1) is 12.3 Å². The lowest BCUT2D eigenvalue weighted by Crippen LogP contribution is -2.26. The van der Waals surface area contributed by atoms with Crippen LogP contribution in [0.2, 0.25) is 0 Å². The molecule has 1 atom stereocenters. The summed E-state index contributed by atoms with van der Waals surface area (Å²) in [6, 6.07) is 6.04. The van der Waals surface area contributed by atoms with E-state index in [1.165, 1.54) is 5.56 Å². The highest BCUT2D eigenvalue weighted by molar-refractivity contribution is 5.65. The van der Waals surface area contributed by atoms with E-state index in [0.29, 0.717) is 0 Å². The number of carbonyl (C=O) groups excluding carboxylic acids is 1. The Morgan fingerprint density at radius 2 is 2.25 bits per heavy atom. The summed E-state index contributed by atoms with van der Waals surface area (Å²) in [7, 11) is 0. The SMILES string of the molecule is C#Cc1ccc2c(c1)C(C=O)CCC2(C)C. The molecule has 0 spiro atoms. The lowest BCUT2D eigenvalue weighted by atomic mass is 9.69. The molecule has 82 valence electrons. The number of terminal acetylenes is 1. The Labute approximate surface area is 96.9 Å². The number of rotatable bonds is 1. The standard InChI is InChI=1S/C15H16O/c1-4-11-5-6-14-13(9-11)12(10-16)7-8-15(14,2)3/h1,5-6,9-10,12H,7-8H2,2-3H3. The van der Waals surface area contributed by atoms with Crippen LogP contribution >= 0.6 is 0 Å². The molecule has 0 bridgehead atoms. The number of benzene rings is 1. The fraction of sp³-hybridized carbons (Fsp3) is 0.400. The van der Waals surface area contributed by atoms with E-state index >= 15 is 0 Å². The summed E-state index contributed by atoms with van der Waals surface area (Å²) >= 11 is 0. The number of carbonyl (C=O) groups is 1. The van der Waals surface area contributed by atoms with Gasteiger partial charge in [-0.1, -0.05) is 25.8 Å². The lowest BCUT2D eigenvalue weighted by molar-refractivity contribution is -0.109. The molecular formula is C15H16O. The van der Waals surface area contributed by atoms with Crippen molar-refractivity contribution < 1.29 is 4.79 Å². The molecule has 0 saturated carbocycles. The van der Waals surface area contributed by atoms with E-state index < -0.39 is 0 Å². The van der Waals surface area contributed by atoms with Crippen LogP contribution in [-0.2, 0) is 10.2 Å². The molecule has 16 heavy (non-hydrogen) atoms. The molecular weight excluding hydrogens is 196 g/mol. The van der Waals surface area contributed by atoms with E-state index in [1.807, 2.05) is 12.1 Å². The molecule has 0 aromatic heterocycles. The summed E-state index contributed by atoms with van der Waals surface area (Å²) in [5.41, 5.74) is 3.42. The van der Waals surface area contributed by atoms with Crippen molar-refractivity contribution in [2.45, 2.75) is 38.0 Å². The Bertz CT molecular complexity index is 463. The van der Waals surface area contributed by atoms with Crippen LogP contribution < -0.4 is 0 Å². The maximum Gasteiger partial charge on any atom is 0.127 e. The topological polar surface area (TPSA) is 17.1 Å². The van der Waals surface area contributed by atoms with Gasteiger partial charge in [0.2, 0.25) is 0 Å². The van der Waals surface area contributed by atoms with Crippen LogP contribution in [0.15, 0.2) is 18.2 Å². The van der Waals surface area contributed by atoms with Crippen molar-refractivity contribution in [1.29, 1.82) is 0 Å². The van der Waals surface area contributed by atoms with Crippen LogP contribution in [0.3, 0.4) is 0 Å². The van der Waals surface area contributed by atoms with Gasteiger partial charge in [-0.3, -0.25) is 0 Å². The Hall–Kier alpha value is -1.55. The summed E-state index contributed by atoms with van der Waals surface area (Å²) in [5.74, 6) is 2.66. The van der Waals surface area contributed by atoms with Gasteiger partial charge in [0.05, 0.1) is 0 Å². The van der Waals surface area contributed by atoms with Gasteiger partial charge in [0.25, 0.3) is 0 Å². The van der Waals surface area contributed by atoms with Gasteiger partial charge < -0.3 is 4.79 Å². The predicted molar refractivity (Wildman–Crippen MR) is 65.4 cm³/mol. The van der Waals surface area contributed by atoms with Crippen LogP contribution in [0.5, 0.6) is 0 Å². The average Bonchev–Trinajstić information content (AvgIpc) is 2.28. The highest BCUT2D eigenvalue weighted by Gasteiger charge is 2.32. The van der Waals surface area contributed by atoms with Gasteiger partial charge in [0.1, 0.15) is 6.29 Å². The molecule has 1 nitrogen and oxygen atoms in total. The second-order valence-corrected chi connectivity index (χ2v) is 5.11. The fourth-order valence-electron chi connectivity index (χ4n) is 2.52. The molecule has 1 aromatic rings. The molecule has 0 aliphatic heterocycles. The molecule has 0 saturated heterocycles. The first-order valence-electron chi connectivity index (χ1n) is 5.65. The molecule has 1 heteroatoms. The van der Waals surface area contributed by atoms with Gasteiger partial charge in [-0.15, -0.1) is 6.42 Å². The molecule has 0 heterocycles. The van der Waals surface area contributed by atoms with Crippen LogP contribution in [0.25, 0.3) is 0 Å². The summed E-state index contributed by atoms with van der Waals surface area (Å²) in [6.45, 7) is 4.45. The maximum atomic E-state index is 11.1. The summed E-state index contributed by atoms with van der Waals surface area (Å²) in [4.78, 5) is 11.1. The summed E-state index contributed by atoms with van der Waals surface area (Å²) in [6.07, 6.45) is 8.43. The molecule has 0 fully saturated rings. The fourth-order valence-corrected chi connectivity index (χ4v) is 2.52. The smallest absolute Gasteiger partial charge is 0.127 e. The van der Waals surface area contributed by atoms with Crippen molar-refractivity contribution >= 4 is 6.29 Å². The maximum absolute atomic E-state index is 11.1. The van der Waals surface area contributed by atoms with Gasteiger partial charge >= 0.3 is 0 Å². The second-order valence-electron chi connectivity index (χ2n) is 5.11. The van der Waals surface area contributed by atoms with E-state index in [4.69, 9.17) is 6.42 Å². The summed E-state index contributed by atoms with van der Waals surface area (Å²) in [5, 5.41) is 0. The van der Waals surface area contributed by atoms with Crippen molar-refractivity contribution in [3.63, 3.8) is 0 Å². The monoisotopic (exact) mass is 212 g/mol. The molecule has 1 aliphatic rings. The van der Waals surface area contributed by atoms with E-state index in [-0.39, 0.29) is 11.3 Å². The molecule has 0 amide bonds. The third-order valence-corrected chi connectivity index (χ3v) is 3.59. The van der Waals surface area contributed by atoms with Gasteiger partial charge in [0, 0.05) is 11.5 Å². The highest BCUT2D eigenvalue weighted by Crippen LogP contribution is 2.41. The zero-order chi connectivity index (χ0) is 11.8. The first-order valence-corrected chi connectivity index (χ1v) is 5.65. The Kier molecular flexibility index (Phi) is 2.59. The van der Waals surface area contributed by atoms with E-state index in [9.17, 15) is 4.79 Å². The van der Waals surface area contributed by atoms with Crippen LogP contribution in [0.4, 0.5) is 0 Å². The van der Waals surface area contributed by atoms with Crippen LogP contribution in [0.1, 0.15) is 49.3 Å². The van der Waals surface area contributed by atoms with E-state index in [1.54, 1.807) is 0 Å². The quantitative estimate of drug-likeness (QED) is 0.516. The lowest BCUT2D eigenvalue weighted by Gasteiger charge is -2.35. The Balaban J connectivity index is 2.60. The van der Waals surface area contributed by atoms with Crippen molar-refractivity contribution in [3.8, 4) is 12.3 Å². The van der Waals surface area contributed by atoms with Gasteiger partial charge in [-0.05, 0) is 41.5 Å². The minimum atomic E-state index is 0.0244. The zero-order valence-corrected chi connectivity index (χ0v) is 9.79. The molecule has 1 aliphatic carbocycles. The summed E-state index contributed by atoms with van der Waals surface area (Å²) < 4.78 is 0. The predicted octanol–water partition coefficient (Wildman–Crippen LogP) is 3.02. The molecule has 1 unspecified atom stereocenters. The largest absolute Gasteiger partial charge is 0.303 e. The molecule has 0 N–H and O–H groups in total. The van der Waals surface area contributed by atoms with Gasteiger partial charge in [-0.25, -0.2) is 0 Å². The average molecular weight is 212 g/mol. The van der Waals surface area contributed by atoms with Crippen molar-refractivity contribution in [2.24, 2.45) is 0 Å². The van der Waals surface area contributed by atoms with Crippen molar-refractivity contribution in [1.82, 2.24) is 0 Å². The number of hydrogen-bond acceptors (Lipinski definition) is 1. The number of fused-ring (bicyclic) bond motifs is 1. The highest BCUT2D eigenvalue weighted by atomic mass is 16.1. The number of aldehydes is 1. The third kappa shape index (κ3) is 1.65. The van der Waals surface area contributed by atoms with Gasteiger partial charge in [-0.2, -0.15) is 0 Å². The van der Waals surface area contributed by atoms with Crippen molar-refractivity contribution in [2.75, 3.05) is 0 Å². The zero-order valence-electron chi connectivity index (χ0n) is 9.79. The molecule has 1 aromatic carbocycles. The normalized spacial score (nSPS) is 21.9. The first kappa shape index (κ1) is 11.0. The van der Waals surface area contributed by atoms with E-state index in [0.717, 1.165) is 30.3 Å². The molecule has 0 radical (unpaired) electrons. The minimum absolute atomic E-state index is 0.0244. The number of hydrogen-bond donors (Lipinski definition) is 0.